The minimum Gasteiger partial charge on any atom is -0.354 e. The molecular weight excluding hydrogens is 455 g/mol. The molecule has 0 radical (unpaired) electrons. The molecule has 186 valence electrons. The van der Waals surface area contributed by atoms with E-state index in [4.69, 9.17) is 0 Å². The van der Waals surface area contributed by atoms with E-state index in [9.17, 15) is 14.0 Å². The first-order chi connectivity index (χ1) is 17.3. The van der Waals surface area contributed by atoms with Crippen molar-refractivity contribution in [1.29, 1.82) is 0 Å². The van der Waals surface area contributed by atoms with Gasteiger partial charge in [0.25, 0.3) is 5.91 Å². The lowest BCUT2D eigenvalue weighted by Gasteiger charge is -2.19. The summed E-state index contributed by atoms with van der Waals surface area (Å²) in [6.07, 6.45) is 2.34. The zero-order chi connectivity index (χ0) is 25.7. The quantitative estimate of drug-likeness (QED) is 0.312. The summed E-state index contributed by atoms with van der Waals surface area (Å²) < 4.78 is 13.8. The maximum atomic E-state index is 13.8. The Bertz CT molecular complexity index is 1270. The highest BCUT2D eigenvalue weighted by molar-refractivity contribution is 6.37. The number of hydrogen-bond donors (Lipinski definition) is 2. The van der Waals surface area contributed by atoms with E-state index in [-0.39, 0.29) is 11.8 Å². The van der Waals surface area contributed by atoms with Crippen LogP contribution in [0.3, 0.4) is 0 Å². The molecule has 3 aromatic carbocycles. The lowest BCUT2D eigenvalue weighted by molar-refractivity contribution is -0.118. The predicted octanol–water partition coefficient (Wildman–Crippen LogP) is 5.45. The summed E-state index contributed by atoms with van der Waals surface area (Å²) in [5.74, 6) is -0.623. The number of halogens is 1. The molecule has 0 aromatic heterocycles. The first-order valence-corrected chi connectivity index (χ1v) is 12.0. The van der Waals surface area contributed by atoms with Crippen LogP contribution < -0.4 is 15.5 Å². The van der Waals surface area contributed by atoms with Gasteiger partial charge in [0, 0.05) is 30.4 Å². The fraction of sp³-hybridized carbons (Fsp3) is 0.241. The van der Waals surface area contributed by atoms with Crippen molar-refractivity contribution in [3.8, 4) is 0 Å². The lowest BCUT2D eigenvalue weighted by atomic mass is 10.00. The van der Waals surface area contributed by atoms with Crippen LogP contribution in [0.5, 0.6) is 0 Å². The fourth-order valence-electron chi connectivity index (χ4n) is 4.21. The van der Waals surface area contributed by atoms with Crippen LogP contribution in [0.1, 0.15) is 30.4 Å². The van der Waals surface area contributed by atoms with Gasteiger partial charge in [-0.2, -0.15) is 0 Å². The second-order valence-corrected chi connectivity index (χ2v) is 9.15. The van der Waals surface area contributed by atoms with E-state index in [0.717, 1.165) is 36.3 Å². The predicted molar refractivity (Wildman–Crippen MR) is 144 cm³/mol. The Morgan fingerprint density at radius 3 is 2.36 bits per heavy atom. The summed E-state index contributed by atoms with van der Waals surface area (Å²) in [4.78, 5) is 29.3. The van der Waals surface area contributed by atoms with Crippen molar-refractivity contribution in [2.75, 3.05) is 43.2 Å². The molecule has 0 aliphatic carbocycles. The number of carbonyl (C=O) groups is 2. The standard InChI is InChI=1S/C29H31FN4O2/c1-33(2)18-8-7-11-26(35)34(3)23-15-13-22(14-16-23)31-28(20-9-5-4-6-10-20)27-24-17-12-21(30)19-25(24)32-29(27)36/h4-6,9-10,12-17,19,31H,7-8,11,18H2,1-3H3,(H,32,36). The van der Waals surface area contributed by atoms with E-state index in [1.165, 1.54) is 12.1 Å². The summed E-state index contributed by atoms with van der Waals surface area (Å²) in [6.45, 7) is 0.966. The van der Waals surface area contributed by atoms with Crippen LogP contribution >= 0.6 is 0 Å². The topological polar surface area (TPSA) is 64.7 Å². The highest BCUT2D eigenvalue weighted by Gasteiger charge is 2.28. The van der Waals surface area contributed by atoms with Gasteiger partial charge in [-0.3, -0.25) is 9.59 Å². The summed E-state index contributed by atoms with van der Waals surface area (Å²) >= 11 is 0. The van der Waals surface area contributed by atoms with Crippen molar-refractivity contribution in [3.05, 3.63) is 89.7 Å². The van der Waals surface area contributed by atoms with E-state index in [2.05, 4.69) is 15.5 Å². The van der Waals surface area contributed by atoms with Crippen LogP contribution in [0.2, 0.25) is 0 Å². The van der Waals surface area contributed by atoms with Gasteiger partial charge in [-0.15, -0.1) is 0 Å². The minimum absolute atomic E-state index is 0.0769. The number of fused-ring (bicyclic) bond motifs is 1. The summed E-state index contributed by atoms with van der Waals surface area (Å²) in [6, 6.07) is 21.4. The molecule has 0 spiro atoms. The molecule has 0 saturated carbocycles. The number of unbranched alkanes of at least 4 members (excludes halogenated alkanes) is 1. The number of anilines is 3. The molecule has 1 aliphatic heterocycles. The third-order valence-electron chi connectivity index (χ3n) is 6.18. The number of rotatable bonds is 9. The van der Waals surface area contributed by atoms with Gasteiger partial charge in [-0.05, 0) is 81.5 Å². The Morgan fingerprint density at radius 2 is 1.67 bits per heavy atom. The number of amides is 2. The van der Waals surface area contributed by atoms with Gasteiger partial charge < -0.3 is 20.4 Å². The Kier molecular flexibility index (Phi) is 7.80. The van der Waals surface area contributed by atoms with Gasteiger partial charge in [0.15, 0.2) is 0 Å². The van der Waals surface area contributed by atoms with Gasteiger partial charge in [0.05, 0.1) is 17.0 Å². The smallest absolute Gasteiger partial charge is 0.258 e. The number of carbonyl (C=O) groups excluding carboxylic acids is 2. The maximum absolute atomic E-state index is 13.8. The van der Waals surface area contributed by atoms with Crippen LogP contribution in [0.25, 0.3) is 11.3 Å². The summed E-state index contributed by atoms with van der Waals surface area (Å²) in [5, 5.41) is 6.15. The van der Waals surface area contributed by atoms with Crippen LogP contribution in [0, 0.1) is 5.82 Å². The monoisotopic (exact) mass is 486 g/mol. The van der Waals surface area contributed by atoms with Crippen LogP contribution in [-0.2, 0) is 9.59 Å². The summed E-state index contributed by atoms with van der Waals surface area (Å²) in [5.41, 5.74) is 4.55. The second-order valence-electron chi connectivity index (χ2n) is 9.15. The first kappa shape index (κ1) is 25.1. The van der Waals surface area contributed by atoms with Crippen molar-refractivity contribution in [2.24, 2.45) is 0 Å². The number of hydrogen-bond acceptors (Lipinski definition) is 4. The molecule has 4 rings (SSSR count). The van der Waals surface area contributed by atoms with Gasteiger partial charge in [-0.1, -0.05) is 30.3 Å². The number of nitrogens with zero attached hydrogens (tertiary/aromatic N) is 2. The molecule has 0 fully saturated rings. The van der Waals surface area contributed by atoms with Gasteiger partial charge >= 0.3 is 0 Å². The Balaban J connectivity index is 1.56. The van der Waals surface area contributed by atoms with Gasteiger partial charge in [0.1, 0.15) is 5.82 Å². The molecule has 2 N–H and O–H groups in total. The maximum Gasteiger partial charge on any atom is 0.258 e. The third-order valence-corrected chi connectivity index (χ3v) is 6.18. The van der Waals surface area contributed by atoms with Crippen molar-refractivity contribution < 1.29 is 14.0 Å². The molecule has 7 heteroatoms. The van der Waals surface area contributed by atoms with Crippen LogP contribution in [0.4, 0.5) is 21.5 Å². The second kappa shape index (κ2) is 11.2. The zero-order valence-electron chi connectivity index (χ0n) is 20.8. The van der Waals surface area contributed by atoms with E-state index < -0.39 is 5.82 Å². The molecule has 1 aliphatic rings. The number of benzene rings is 3. The fourth-order valence-corrected chi connectivity index (χ4v) is 4.21. The molecule has 0 saturated heterocycles. The molecule has 36 heavy (non-hydrogen) atoms. The van der Waals surface area contributed by atoms with E-state index in [0.29, 0.717) is 28.9 Å². The average molecular weight is 487 g/mol. The van der Waals surface area contributed by atoms with Crippen molar-refractivity contribution in [3.63, 3.8) is 0 Å². The highest BCUT2D eigenvalue weighted by Crippen LogP contribution is 2.38. The van der Waals surface area contributed by atoms with Crippen LogP contribution in [0.15, 0.2) is 72.8 Å². The molecule has 0 bridgehead atoms. The van der Waals surface area contributed by atoms with Crippen molar-refractivity contribution >= 4 is 40.1 Å². The SMILES string of the molecule is CN(C)CCCCC(=O)N(C)c1ccc(NC(=C2C(=O)Nc3cc(F)ccc32)c2ccccc2)cc1. The third kappa shape index (κ3) is 5.80. The Labute approximate surface area is 211 Å². The lowest BCUT2D eigenvalue weighted by Crippen LogP contribution is -2.26. The van der Waals surface area contributed by atoms with Crippen molar-refractivity contribution in [2.45, 2.75) is 19.3 Å². The molecule has 1 heterocycles. The normalized spacial score (nSPS) is 13.9. The first-order valence-electron chi connectivity index (χ1n) is 12.0. The Hall–Kier alpha value is -3.97. The van der Waals surface area contributed by atoms with Crippen molar-refractivity contribution in [1.82, 2.24) is 4.90 Å². The van der Waals surface area contributed by atoms with E-state index in [1.54, 1.807) is 18.0 Å². The number of nitrogens with one attached hydrogen (secondary N) is 2. The molecule has 3 aromatic rings. The van der Waals surface area contributed by atoms with Gasteiger partial charge in [0.2, 0.25) is 5.91 Å². The van der Waals surface area contributed by atoms with Gasteiger partial charge in [-0.25, -0.2) is 4.39 Å². The zero-order valence-corrected chi connectivity index (χ0v) is 20.8. The van der Waals surface area contributed by atoms with E-state index >= 15 is 0 Å². The molecule has 0 unspecified atom stereocenters. The molecule has 6 nitrogen and oxygen atoms in total. The molecular formula is C29H31FN4O2. The van der Waals surface area contributed by atoms with E-state index in [1.807, 2.05) is 68.7 Å². The molecule has 2 amide bonds. The highest BCUT2D eigenvalue weighted by atomic mass is 19.1. The molecule has 0 atom stereocenters. The Morgan fingerprint density at radius 1 is 0.944 bits per heavy atom. The average Bonchev–Trinajstić information content (AvgIpc) is 3.19. The minimum atomic E-state index is -0.406. The summed E-state index contributed by atoms with van der Waals surface area (Å²) in [7, 11) is 5.84. The largest absolute Gasteiger partial charge is 0.354 e. The van der Waals surface area contributed by atoms with Crippen LogP contribution in [-0.4, -0.2) is 44.4 Å².